The molecule has 0 aromatic heterocycles. The molecule has 15 heavy (non-hydrogen) atoms. The molecule has 0 unspecified atom stereocenters. The molecule has 0 atom stereocenters. The van der Waals surface area contributed by atoms with E-state index in [1.807, 2.05) is 0 Å². The Balaban J connectivity index is 2.87. The lowest BCUT2D eigenvalue weighted by Crippen LogP contribution is -2.04. The summed E-state index contributed by atoms with van der Waals surface area (Å²) < 4.78 is 40.8. The van der Waals surface area contributed by atoms with Gasteiger partial charge in [-0.15, -0.1) is 0 Å². The number of halogens is 3. The zero-order valence-electron chi connectivity index (χ0n) is 7.10. The van der Waals surface area contributed by atoms with E-state index < -0.39 is 18.5 Å². The number of alkyl halides is 3. The van der Waals surface area contributed by atoms with E-state index in [1.165, 1.54) is 0 Å². The average Bonchev–Trinajstić information content (AvgIpc) is 2.00. The van der Waals surface area contributed by atoms with Crippen LogP contribution < -0.4 is 4.52 Å². The van der Waals surface area contributed by atoms with Crippen LogP contribution in [-0.4, -0.2) is 9.79 Å². The van der Waals surface area contributed by atoms with Gasteiger partial charge in [-0.05, 0) is 24.3 Å². The Labute approximate surface area is 88.4 Å². The molecule has 0 fully saturated rings. The maximum atomic E-state index is 12.1. The summed E-state index contributed by atoms with van der Waals surface area (Å²) in [6.45, 7) is -3.89. The molecule has 1 aromatic rings. The summed E-state index contributed by atoms with van der Waals surface area (Å²) >= 11 is 4.15. The third kappa shape index (κ3) is 4.17. The molecule has 0 heterocycles. The quantitative estimate of drug-likeness (QED) is 0.799. The summed E-state index contributed by atoms with van der Waals surface area (Å²) in [5, 5.41) is 0. The first-order valence-electron chi connectivity index (χ1n) is 3.61. The largest absolute Gasteiger partial charge is 0.424 e. The second kappa shape index (κ2) is 4.09. The highest BCUT2D eigenvalue weighted by Gasteiger charge is 2.30. The van der Waals surface area contributed by atoms with Gasteiger partial charge in [-0.1, -0.05) is 0 Å². The molecule has 0 aliphatic heterocycles. The minimum Gasteiger partial charge on any atom is -0.424 e. The van der Waals surface area contributed by atoms with Gasteiger partial charge in [0.05, 0.1) is 5.56 Å². The van der Waals surface area contributed by atoms with E-state index in [2.05, 4.69) is 16.3 Å². The monoisotopic (exact) mass is 258 g/mol. The van der Waals surface area contributed by atoms with E-state index in [1.54, 1.807) is 0 Å². The van der Waals surface area contributed by atoms with Crippen molar-refractivity contribution in [2.75, 3.05) is 0 Å². The minimum atomic E-state index is -4.43. The second-order valence-corrected chi connectivity index (χ2v) is 5.19. The fourth-order valence-corrected chi connectivity index (χ4v) is 1.50. The normalized spacial score (nSPS) is 12.6. The van der Waals surface area contributed by atoms with Crippen LogP contribution in [0.5, 0.6) is 5.75 Å². The zero-order chi connectivity index (χ0) is 11.7. The van der Waals surface area contributed by atoms with Crippen molar-refractivity contribution < 1.29 is 27.5 Å². The van der Waals surface area contributed by atoms with Crippen molar-refractivity contribution in [3.63, 3.8) is 0 Å². The van der Waals surface area contributed by atoms with E-state index in [9.17, 15) is 13.2 Å². The summed E-state index contributed by atoms with van der Waals surface area (Å²) in [4.78, 5) is 17.5. The Hall–Kier alpha value is -0.620. The SMILES string of the molecule is OP(O)(=S)Oc1ccc(C(F)(F)F)cc1. The highest BCUT2D eigenvalue weighted by Crippen LogP contribution is 2.39. The average molecular weight is 258 g/mol. The molecule has 2 N–H and O–H groups in total. The third-order valence-electron chi connectivity index (χ3n) is 1.41. The first-order chi connectivity index (χ1) is 6.68. The molecule has 0 aliphatic carbocycles. The van der Waals surface area contributed by atoms with Gasteiger partial charge in [0.25, 0.3) is 0 Å². The molecule has 8 heteroatoms. The maximum Gasteiger partial charge on any atom is 0.416 e. The van der Waals surface area contributed by atoms with E-state index in [4.69, 9.17) is 9.79 Å². The standard InChI is InChI=1S/C7H6F3O3PS/c8-7(9,10)5-1-3-6(4-2-5)13-14(11,12)15/h1-4H,(H2,11,12,15). The summed E-state index contributed by atoms with van der Waals surface area (Å²) in [7, 11) is 0. The molecule has 0 aliphatic rings. The van der Waals surface area contributed by atoms with Gasteiger partial charge in [0, 0.05) is 11.8 Å². The van der Waals surface area contributed by atoms with E-state index in [0.717, 1.165) is 24.3 Å². The number of hydrogen-bond acceptors (Lipinski definition) is 2. The highest BCUT2D eigenvalue weighted by molar-refractivity contribution is 8.06. The van der Waals surface area contributed by atoms with Crippen molar-refractivity contribution in [1.29, 1.82) is 0 Å². The lowest BCUT2D eigenvalue weighted by Gasteiger charge is -2.11. The predicted molar refractivity (Wildman–Crippen MR) is 50.8 cm³/mol. The van der Waals surface area contributed by atoms with Gasteiger partial charge in [0.2, 0.25) is 0 Å². The Bertz CT molecular complexity index is 383. The molecular weight excluding hydrogens is 252 g/mol. The topological polar surface area (TPSA) is 49.7 Å². The van der Waals surface area contributed by atoms with Crippen LogP contribution in [0.2, 0.25) is 0 Å². The Morgan fingerprint density at radius 2 is 1.60 bits per heavy atom. The molecule has 0 saturated carbocycles. The van der Waals surface area contributed by atoms with Crippen molar-refractivity contribution >= 4 is 18.5 Å². The molecule has 1 aromatic carbocycles. The second-order valence-electron chi connectivity index (χ2n) is 2.60. The number of hydrogen-bond donors (Lipinski definition) is 2. The van der Waals surface area contributed by atoms with Crippen molar-refractivity contribution in [2.24, 2.45) is 0 Å². The van der Waals surface area contributed by atoms with Crippen molar-refractivity contribution in [1.82, 2.24) is 0 Å². The Morgan fingerprint density at radius 1 is 1.13 bits per heavy atom. The maximum absolute atomic E-state index is 12.1. The minimum absolute atomic E-state index is 0.115. The van der Waals surface area contributed by atoms with Crippen LogP contribution in [0.3, 0.4) is 0 Å². The third-order valence-corrected chi connectivity index (χ3v) is 2.08. The van der Waals surface area contributed by atoms with Gasteiger partial charge in [-0.2, -0.15) is 13.2 Å². The molecule has 0 amide bonds. The molecule has 0 radical (unpaired) electrons. The fraction of sp³-hybridized carbons (Fsp3) is 0.143. The zero-order valence-corrected chi connectivity index (χ0v) is 8.81. The Kier molecular flexibility index (Phi) is 3.40. The van der Waals surface area contributed by atoms with Crippen LogP contribution in [0.1, 0.15) is 5.56 Å². The fourth-order valence-electron chi connectivity index (χ4n) is 0.842. The molecule has 1 rings (SSSR count). The molecule has 3 nitrogen and oxygen atoms in total. The van der Waals surface area contributed by atoms with Crippen molar-refractivity contribution in [3.8, 4) is 5.75 Å². The summed E-state index contributed by atoms with van der Waals surface area (Å²) in [6, 6.07) is 3.47. The highest BCUT2D eigenvalue weighted by atomic mass is 32.5. The van der Waals surface area contributed by atoms with Gasteiger partial charge in [-0.3, -0.25) is 0 Å². The first-order valence-corrected chi connectivity index (χ1v) is 6.23. The van der Waals surface area contributed by atoms with Crippen LogP contribution >= 0.6 is 6.72 Å². The number of benzene rings is 1. The Morgan fingerprint density at radius 3 is 1.93 bits per heavy atom. The van der Waals surface area contributed by atoms with E-state index >= 15 is 0 Å². The van der Waals surface area contributed by atoms with E-state index in [-0.39, 0.29) is 5.75 Å². The van der Waals surface area contributed by atoms with Crippen LogP contribution in [0, 0.1) is 0 Å². The van der Waals surface area contributed by atoms with Gasteiger partial charge in [0.15, 0.2) is 0 Å². The van der Waals surface area contributed by atoms with Crippen molar-refractivity contribution in [2.45, 2.75) is 6.18 Å². The molecular formula is C7H6F3O3PS. The number of rotatable bonds is 2. The van der Waals surface area contributed by atoms with Crippen LogP contribution in [0.4, 0.5) is 13.2 Å². The summed E-state index contributed by atoms with van der Waals surface area (Å²) in [5.74, 6) is -0.115. The molecule has 0 spiro atoms. The molecule has 0 bridgehead atoms. The summed E-state index contributed by atoms with van der Waals surface area (Å²) in [6.07, 6.45) is -4.43. The predicted octanol–water partition coefficient (Wildman–Crippen LogP) is 2.29. The molecule has 84 valence electrons. The van der Waals surface area contributed by atoms with Crippen molar-refractivity contribution in [3.05, 3.63) is 29.8 Å². The van der Waals surface area contributed by atoms with Gasteiger partial charge in [-0.25, -0.2) is 0 Å². The van der Waals surface area contributed by atoms with Gasteiger partial charge in [0.1, 0.15) is 5.75 Å². The van der Waals surface area contributed by atoms with Gasteiger partial charge < -0.3 is 14.3 Å². The van der Waals surface area contributed by atoms with Gasteiger partial charge >= 0.3 is 12.9 Å². The van der Waals surface area contributed by atoms with Crippen LogP contribution in [0.15, 0.2) is 24.3 Å². The summed E-state index contributed by atoms with van der Waals surface area (Å²) in [5.41, 5.74) is -0.848. The molecule has 0 saturated heterocycles. The lowest BCUT2D eigenvalue weighted by molar-refractivity contribution is -0.137. The van der Waals surface area contributed by atoms with Crippen LogP contribution in [-0.2, 0) is 18.0 Å². The lowest BCUT2D eigenvalue weighted by atomic mass is 10.2. The van der Waals surface area contributed by atoms with Crippen LogP contribution in [0.25, 0.3) is 0 Å². The van der Waals surface area contributed by atoms with E-state index in [0.29, 0.717) is 0 Å². The first kappa shape index (κ1) is 12.4. The smallest absolute Gasteiger partial charge is 0.416 e.